The highest BCUT2D eigenvalue weighted by Gasteiger charge is 2.19. The zero-order valence-corrected chi connectivity index (χ0v) is 16.1. The number of rotatable bonds is 5. The highest BCUT2D eigenvalue weighted by molar-refractivity contribution is 5.73. The molecule has 3 aromatic rings. The van der Waals surface area contributed by atoms with E-state index in [1.807, 2.05) is 35.2 Å². The normalized spacial score (nSPS) is 15.4. The number of morpholine rings is 1. The number of pyridine rings is 1. The molecular formula is C20H25N5O2. The van der Waals surface area contributed by atoms with Gasteiger partial charge in [-0.3, -0.25) is 4.98 Å². The van der Waals surface area contributed by atoms with Crippen molar-refractivity contribution in [1.82, 2.24) is 19.6 Å². The number of aromatic nitrogens is 4. The van der Waals surface area contributed by atoms with Gasteiger partial charge in [0.1, 0.15) is 0 Å². The minimum Gasteiger partial charge on any atom is -0.378 e. The lowest BCUT2D eigenvalue weighted by Crippen LogP contribution is -2.36. The zero-order valence-electron chi connectivity index (χ0n) is 16.1. The van der Waals surface area contributed by atoms with Crippen molar-refractivity contribution in [3.8, 4) is 11.3 Å². The molecule has 27 heavy (non-hydrogen) atoms. The van der Waals surface area contributed by atoms with Gasteiger partial charge in [0.15, 0.2) is 5.65 Å². The molecule has 1 fully saturated rings. The molecule has 4 heterocycles. The molecule has 0 amide bonds. The van der Waals surface area contributed by atoms with E-state index in [1.165, 1.54) is 0 Å². The number of hydrogen-bond acceptors (Lipinski definition) is 6. The molecule has 142 valence electrons. The van der Waals surface area contributed by atoms with Crippen LogP contribution in [0.15, 0.2) is 36.8 Å². The minimum absolute atomic E-state index is 0.230. The average molecular weight is 367 g/mol. The number of imidazole rings is 1. The van der Waals surface area contributed by atoms with Crippen molar-refractivity contribution in [2.75, 3.05) is 38.3 Å². The van der Waals surface area contributed by atoms with Crippen LogP contribution in [0.3, 0.4) is 0 Å². The van der Waals surface area contributed by atoms with Crippen LogP contribution in [-0.4, -0.2) is 58.6 Å². The van der Waals surface area contributed by atoms with Crippen molar-refractivity contribution in [2.24, 2.45) is 0 Å². The topological polar surface area (TPSA) is 64.8 Å². The number of fused-ring (bicyclic) bond motifs is 1. The van der Waals surface area contributed by atoms with Crippen molar-refractivity contribution in [3.63, 3.8) is 0 Å². The van der Waals surface area contributed by atoms with Crippen molar-refractivity contribution < 1.29 is 9.47 Å². The number of nitrogens with zero attached hydrogens (tertiary/aromatic N) is 5. The van der Waals surface area contributed by atoms with Gasteiger partial charge in [-0.05, 0) is 32.0 Å². The SMILES string of the molecule is COC(C)(C)Cc1ccc(-c2cnc3c(N4CCOCC4)ccnn23)cn1. The van der Waals surface area contributed by atoms with Crippen molar-refractivity contribution in [3.05, 3.63) is 42.5 Å². The second-order valence-corrected chi connectivity index (χ2v) is 7.37. The van der Waals surface area contributed by atoms with Gasteiger partial charge in [0, 0.05) is 44.1 Å². The van der Waals surface area contributed by atoms with E-state index < -0.39 is 0 Å². The van der Waals surface area contributed by atoms with E-state index in [2.05, 4.69) is 39.9 Å². The fraction of sp³-hybridized carbons (Fsp3) is 0.450. The smallest absolute Gasteiger partial charge is 0.177 e. The highest BCUT2D eigenvalue weighted by Crippen LogP contribution is 2.26. The lowest BCUT2D eigenvalue weighted by Gasteiger charge is -2.28. The van der Waals surface area contributed by atoms with Gasteiger partial charge in [0.05, 0.1) is 42.6 Å². The molecule has 3 aromatic heterocycles. The van der Waals surface area contributed by atoms with E-state index in [4.69, 9.17) is 9.47 Å². The van der Waals surface area contributed by atoms with E-state index in [0.717, 1.165) is 61.0 Å². The Kier molecular flexibility index (Phi) is 4.80. The molecule has 0 unspecified atom stereocenters. The Morgan fingerprint density at radius 2 is 1.93 bits per heavy atom. The van der Waals surface area contributed by atoms with Gasteiger partial charge >= 0.3 is 0 Å². The summed E-state index contributed by atoms with van der Waals surface area (Å²) < 4.78 is 12.8. The first kappa shape index (κ1) is 17.9. The molecule has 0 N–H and O–H groups in total. The summed E-state index contributed by atoms with van der Waals surface area (Å²) in [6.07, 6.45) is 6.33. The molecule has 0 aliphatic carbocycles. The molecule has 0 saturated carbocycles. The quantitative estimate of drug-likeness (QED) is 0.691. The average Bonchev–Trinajstić information content (AvgIpc) is 3.13. The summed E-state index contributed by atoms with van der Waals surface area (Å²) in [6.45, 7) is 7.34. The van der Waals surface area contributed by atoms with E-state index in [0.29, 0.717) is 0 Å². The van der Waals surface area contributed by atoms with Gasteiger partial charge in [0.25, 0.3) is 0 Å². The number of hydrogen-bond donors (Lipinski definition) is 0. The third-order valence-electron chi connectivity index (χ3n) is 5.01. The van der Waals surface area contributed by atoms with Crippen LogP contribution in [0, 0.1) is 0 Å². The number of ether oxygens (including phenoxy) is 2. The first-order valence-electron chi connectivity index (χ1n) is 9.23. The van der Waals surface area contributed by atoms with Crippen molar-refractivity contribution in [2.45, 2.75) is 25.9 Å². The highest BCUT2D eigenvalue weighted by atomic mass is 16.5. The Hall–Kier alpha value is -2.51. The van der Waals surface area contributed by atoms with Crippen LogP contribution in [0.1, 0.15) is 19.5 Å². The molecular weight excluding hydrogens is 342 g/mol. The summed E-state index contributed by atoms with van der Waals surface area (Å²) >= 11 is 0. The Morgan fingerprint density at radius 3 is 2.63 bits per heavy atom. The van der Waals surface area contributed by atoms with E-state index >= 15 is 0 Å². The van der Waals surface area contributed by atoms with Crippen molar-refractivity contribution in [1.29, 1.82) is 0 Å². The number of methoxy groups -OCH3 is 1. The van der Waals surface area contributed by atoms with Crippen LogP contribution in [0.25, 0.3) is 16.9 Å². The maximum atomic E-state index is 5.49. The first-order chi connectivity index (χ1) is 13.1. The van der Waals surface area contributed by atoms with Gasteiger partial charge in [-0.1, -0.05) is 0 Å². The molecule has 0 bridgehead atoms. The molecule has 4 rings (SSSR count). The Balaban J connectivity index is 1.64. The van der Waals surface area contributed by atoms with Gasteiger partial charge in [-0.15, -0.1) is 0 Å². The molecule has 0 aromatic carbocycles. The predicted molar refractivity (Wildman–Crippen MR) is 104 cm³/mol. The Morgan fingerprint density at radius 1 is 1.11 bits per heavy atom. The lowest BCUT2D eigenvalue weighted by molar-refractivity contribution is 0.0224. The second-order valence-electron chi connectivity index (χ2n) is 7.37. The van der Waals surface area contributed by atoms with E-state index in [-0.39, 0.29) is 5.60 Å². The first-order valence-corrected chi connectivity index (χ1v) is 9.23. The van der Waals surface area contributed by atoms with Gasteiger partial charge in [-0.2, -0.15) is 5.10 Å². The summed E-state index contributed by atoms with van der Waals surface area (Å²) in [7, 11) is 1.73. The van der Waals surface area contributed by atoms with Crippen LogP contribution < -0.4 is 4.90 Å². The van der Waals surface area contributed by atoms with Gasteiger partial charge < -0.3 is 14.4 Å². The maximum Gasteiger partial charge on any atom is 0.177 e. The molecule has 1 saturated heterocycles. The molecule has 1 aliphatic rings. The van der Waals surface area contributed by atoms with Crippen LogP contribution in [-0.2, 0) is 15.9 Å². The summed E-state index contributed by atoms with van der Waals surface area (Å²) in [5.74, 6) is 0. The van der Waals surface area contributed by atoms with Gasteiger partial charge in [0.2, 0.25) is 0 Å². The Labute approximate surface area is 158 Å². The lowest BCUT2D eigenvalue weighted by atomic mass is 10.0. The third-order valence-corrected chi connectivity index (χ3v) is 5.01. The fourth-order valence-electron chi connectivity index (χ4n) is 3.32. The fourth-order valence-corrected chi connectivity index (χ4v) is 3.32. The molecule has 0 radical (unpaired) electrons. The monoisotopic (exact) mass is 367 g/mol. The van der Waals surface area contributed by atoms with Crippen LogP contribution in [0.5, 0.6) is 0 Å². The summed E-state index contributed by atoms with van der Waals surface area (Å²) in [4.78, 5) is 11.5. The minimum atomic E-state index is -0.230. The molecule has 1 aliphatic heterocycles. The molecule has 7 nitrogen and oxygen atoms in total. The third kappa shape index (κ3) is 3.65. The summed E-state index contributed by atoms with van der Waals surface area (Å²) in [5.41, 5.74) is 4.65. The van der Waals surface area contributed by atoms with E-state index in [9.17, 15) is 0 Å². The molecule has 0 spiro atoms. The molecule has 7 heteroatoms. The van der Waals surface area contributed by atoms with Crippen LogP contribution >= 0.6 is 0 Å². The standard InChI is InChI=1S/C20H25N5O2/c1-20(2,26-3)12-16-5-4-15(13-21-16)18-14-22-19-17(6-7-23-25(18)19)24-8-10-27-11-9-24/h4-7,13-14H,8-12H2,1-3H3. The van der Waals surface area contributed by atoms with E-state index in [1.54, 1.807) is 7.11 Å². The Bertz CT molecular complexity index is 914. The van der Waals surface area contributed by atoms with Crippen LogP contribution in [0.2, 0.25) is 0 Å². The van der Waals surface area contributed by atoms with Gasteiger partial charge in [-0.25, -0.2) is 9.50 Å². The van der Waals surface area contributed by atoms with Crippen LogP contribution in [0.4, 0.5) is 5.69 Å². The summed E-state index contributed by atoms with van der Waals surface area (Å²) in [5, 5.41) is 4.52. The maximum absolute atomic E-state index is 5.49. The zero-order chi connectivity index (χ0) is 18.9. The largest absolute Gasteiger partial charge is 0.378 e. The summed E-state index contributed by atoms with van der Waals surface area (Å²) in [6, 6.07) is 6.13. The second kappa shape index (κ2) is 7.25. The number of anilines is 1. The predicted octanol–water partition coefficient (Wildman–Crippen LogP) is 2.60. The van der Waals surface area contributed by atoms with Crippen molar-refractivity contribution >= 4 is 11.3 Å². The molecule has 0 atom stereocenters.